The van der Waals surface area contributed by atoms with Crippen LogP contribution >= 0.6 is 0 Å². The number of hydrogen-bond donors (Lipinski definition) is 2. The molecule has 0 amide bonds. The largest absolute Gasteiger partial charge is 0.416 e. The number of nitrogens with zero attached hydrogens (tertiary/aromatic N) is 4. The van der Waals surface area contributed by atoms with Gasteiger partial charge in [0.05, 0.1) is 11.3 Å². The van der Waals surface area contributed by atoms with Crippen LogP contribution in [0.25, 0.3) is 5.82 Å². The first kappa shape index (κ1) is 29.9. The number of ketones is 1. The van der Waals surface area contributed by atoms with E-state index in [-0.39, 0.29) is 18.6 Å². The summed E-state index contributed by atoms with van der Waals surface area (Å²) in [4.78, 5) is 21.8. The van der Waals surface area contributed by atoms with E-state index in [1.165, 1.54) is 6.33 Å². The first-order valence-corrected chi connectivity index (χ1v) is 13.7. The second-order valence-corrected chi connectivity index (χ2v) is 10.1. The van der Waals surface area contributed by atoms with Crippen molar-refractivity contribution in [2.45, 2.75) is 65.5 Å². The molecule has 7 nitrogen and oxygen atoms in total. The van der Waals surface area contributed by atoms with Crippen LogP contribution in [-0.4, -0.2) is 37.2 Å². The molecule has 0 radical (unpaired) electrons. The Labute approximate surface area is 237 Å². The van der Waals surface area contributed by atoms with Crippen LogP contribution in [0.2, 0.25) is 0 Å². The standard InChI is InChI=1S/C31H34F3N5O2/c1-4-26-18-29(36-19-35-26)39-30(12-21(3)38-39)37-27-15-23(10-9-20(27)2)16-28(41)24-13-22(8-6-5-7-11-40)14-25(17-24)31(32,33)34/h9-10,12-15,17-19,37,40H,4-8,11,16H2,1-3H3. The van der Waals surface area contributed by atoms with Crippen molar-refractivity contribution in [2.75, 3.05) is 11.9 Å². The molecule has 4 aromatic rings. The minimum absolute atomic E-state index is 0.0382. The van der Waals surface area contributed by atoms with Crippen LogP contribution in [0.4, 0.5) is 24.7 Å². The zero-order valence-electron chi connectivity index (χ0n) is 23.4. The van der Waals surface area contributed by atoms with Gasteiger partial charge in [0.2, 0.25) is 0 Å². The molecule has 10 heteroatoms. The quantitative estimate of drug-likeness (QED) is 0.146. The summed E-state index contributed by atoms with van der Waals surface area (Å²) in [7, 11) is 0. The Bertz CT molecular complexity index is 1510. The molecular weight excluding hydrogens is 531 g/mol. The average molecular weight is 566 g/mol. The molecule has 0 aliphatic carbocycles. The summed E-state index contributed by atoms with van der Waals surface area (Å²) in [5.74, 6) is 0.906. The predicted molar refractivity (Wildman–Crippen MR) is 152 cm³/mol. The molecule has 4 rings (SSSR count). The Morgan fingerprint density at radius 3 is 2.51 bits per heavy atom. The maximum atomic E-state index is 13.6. The van der Waals surface area contributed by atoms with Gasteiger partial charge in [-0.15, -0.1) is 0 Å². The van der Waals surface area contributed by atoms with E-state index in [1.807, 2.05) is 51.1 Å². The monoisotopic (exact) mass is 565 g/mol. The van der Waals surface area contributed by atoms with Gasteiger partial charge in [0.1, 0.15) is 12.1 Å². The Kier molecular flexibility index (Phi) is 9.54. The molecule has 2 N–H and O–H groups in total. The van der Waals surface area contributed by atoms with E-state index in [0.29, 0.717) is 48.4 Å². The van der Waals surface area contributed by atoms with E-state index in [4.69, 9.17) is 5.11 Å². The molecular formula is C31H34F3N5O2. The minimum Gasteiger partial charge on any atom is -0.396 e. The number of halogens is 3. The van der Waals surface area contributed by atoms with Gasteiger partial charge < -0.3 is 10.4 Å². The molecule has 0 aliphatic rings. The molecule has 2 aromatic carbocycles. The summed E-state index contributed by atoms with van der Waals surface area (Å²) in [6, 6.07) is 12.9. The van der Waals surface area contributed by atoms with Gasteiger partial charge in [-0.25, -0.2) is 9.97 Å². The van der Waals surface area contributed by atoms with Gasteiger partial charge in [0.25, 0.3) is 0 Å². The molecule has 0 bridgehead atoms. The van der Waals surface area contributed by atoms with Crippen LogP contribution in [0.5, 0.6) is 0 Å². The lowest BCUT2D eigenvalue weighted by Gasteiger charge is -2.14. The zero-order valence-corrected chi connectivity index (χ0v) is 23.4. The van der Waals surface area contributed by atoms with Crippen molar-refractivity contribution in [3.63, 3.8) is 0 Å². The molecule has 0 saturated carbocycles. The number of aromatic nitrogens is 4. The number of nitrogens with one attached hydrogen (secondary N) is 1. The maximum absolute atomic E-state index is 13.6. The molecule has 41 heavy (non-hydrogen) atoms. The highest BCUT2D eigenvalue weighted by Crippen LogP contribution is 2.32. The Balaban J connectivity index is 1.57. The Morgan fingerprint density at radius 1 is 0.976 bits per heavy atom. The smallest absolute Gasteiger partial charge is 0.396 e. The summed E-state index contributed by atoms with van der Waals surface area (Å²) >= 11 is 0. The van der Waals surface area contributed by atoms with Crippen molar-refractivity contribution in [3.8, 4) is 5.82 Å². The summed E-state index contributed by atoms with van der Waals surface area (Å²) in [5, 5.41) is 16.9. The van der Waals surface area contributed by atoms with Crippen molar-refractivity contribution in [2.24, 2.45) is 0 Å². The topological polar surface area (TPSA) is 92.9 Å². The van der Waals surface area contributed by atoms with Gasteiger partial charge in [-0.3, -0.25) is 4.79 Å². The van der Waals surface area contributed by atoms with Crippen molar-refractivity contribution >= 4 is 17.3 Å². The van der Waals surface area contributed by atoms with Crippen LogP contribution in [0.15, 0.2) is 54.9 Å². The second-order valence-electron chi connectivity index (χ2n) is 10.1. The summed E-state index contributed by atoms with van der Waals surface area (Å²) in [6.45, 7) is 5.86. The zero-order chi connectivity index (χ0) is 29.6. The van der Waals surface area contributed by atoms with Crippen LogP contribution in [0.3, 0.4) is 0 Å². The maximum Gasteiger partial charge on any atom is 0.416 e. The molecule has 0 aliphatic heterocycles. The van der Waals surface area contributed by atoms with Crippen molar-refractivity contribution < 1.29 is 23.1 Å². The average Bonchev–Trinajstić information content (AvgIpc) is 3.32. The first-order chi connectivity index (χ1) is 19.6. The molecule has 2 aromatic heterocycles. The normalized spacial score (nSPS) is 11.6. The third-order valence-corrected chi connectivity index (χ3v) is 6.82. The lowest BCUT2D eigenvalue weighted by Crippen LogP contribution is -2.11. The fourth-order valence-electron chi connectivity index (χ4n) is 4.58. The molecule has 0 saturated heterocycles. The highest BCUT2D eigenvalue weighted by molar-refractivity contribution is 5.98. The van der Waals surface area contributed by atoms with Gasteiger partial charge >= 0.3 is 6.18 Å². The molecule has 0 fully saturated rings. The lowest BCUT2D eigenvalue weighted by atomic mass is 9.95. The summed E-state index contributed by atoms with van der Waals surface area (Å²) in [5.41, 5.74) is 3.68. The third kappa shape index (κ3) is 7.79. The SMILES string of the molecule is CCc1cc(-n2nc(C)cc2Nc2cc(CC(=O)c3cc(CCCCCO)cc(C(F)(F)F)c3)ccc2C)ncn1. The van der Waals surface area contributed by atoms with Gasteiger partial charge in [-0.2, -0.15) is 23.0 Å². The number of benzene rings is 2. The highest BCUT2D eigenvalue weighted by Gasteiger charge is 2.31. The third-order valence-electron chi connectivity index (χ3n) is 6.82. The van der Waals surface area contributed by atoms with Gasteiger partial charge in [0.15, 0.2) is 11.6 Å². The minimum atomic E-state index is -4.56. The van der Waals surface area contributed by atoms with Crippen LogP contribution in [-0.2, 0) is 25.4 Å². The van der Waals surface area contributed by atoms with Crippen molar-refractivity contribution in [3.05, 3.63) is 94.1 Å². The Hall–Kier alpha value is -4.05. The van der Waals surface area contributed by atoms with Crippen LogP contribution in [0.1, 0.15) is 70.2 Å². The number of aliphatic hydroxyl groups excluding tert-OH is 1. The molecule has 0 spiro atoms. The highest BCUT2D eigenvalue weighted by atomic mass is 19.4. The van der Waals surface area contributed by atoms with E-state index in [1.54, 1.807) is 10.7 Å². The van der Waals surface area contributed by atoms with Crippen LogP contribution < -0.4 is 5.32 Å². The molecule has 2 heterocycles. The summed E-state index contributed by atoms with van der Waals surface area (Å²) in [6.07, 6.45) is -0.0246. The van der Waals surface area contributed by atoms with E-state index < -0.39 is 17.5 Å². The first-order valence-electron chi connectivity index (χ1n) is 13.7. The second kappa shape index (κ2) is 13.1. The van der Waals surface area contributed by atoms with Gasteiger partial charge in [-0.1, -0.05) is 25.5 Å². The number of carbonyl (C=O) groups excluding carboxylic acids is 1. The lowest BCUT2D eigenvalue weighted by molar-refractivity contribution is -0.137. The number of aliphatic hydroxyl groups is 1. The van der Waals surface area contributed by atoms with E-state index >= 15 is 0 Å². The van der Waals surface area contributed by atoms with Crippen molar-refractivity contribution in [1.82, 2.24) is 19.7 Å². The van der Waals surface area contributed by atoms with E-state index in [0.717, 1.165) is 41.2 Å². The Morgan fingerprint density at radius 2 is 1.78 bits per heavy atom. The van der Waals surface area contributed by atoms with Gasteiger partial charge in [0, 0.05) is 42.1 Å². The number of hydrogen-bond acceptors (Lipinski definition) is 6. The number of alkyl halides is 3. The van der Waals surface area contributed by atoms with E-state index in [9.17, 15) is 18.0 Å². The number of aryl methyl sites for hydroxylation is 4. The van der Waals surface area contributed by atoms with Gasteiger partial charge in [-0.05, 0) is 80.5 Å². The number of unbranched alkanes of at least 4 members (excludes halogenated alkanes) is 2. The molecule has 216 valence electrons. The molecule has 0 atom stereocenters. The van der Waals surface area contributed by atoms with E-state index in [2.05, 4.69) is 20.4 Å². The predicted octanol–water partition coefficient (Wildman–Crippen LogP) is 6.73. The van der Waals surface area contributed by atoms with Crippen LogP contribution in [0, 0.1) is 13.8 Å². The fourth-order valence-corrected chi connectivity index (χ4v) is 4.58. The fraction of sp³-hybridized carbons (Fsp3) is 0.355. The number of Topliss-reactive ketones (excluding diaryl/α,β-unsaturated/α-hetero) is 1. The molecule has 0 unspecified atom stereocenters. The number of rotatable bonds is 12. The number of carbonyl (C=O) groups is 1. The number of anilines is 2. The summed E-state index contributed by atoms with van der Waals surface area (Å²) < 4.78 is 42.5. The van der Waals surface area contributed by atoms with Crippen molar-refractivity contribution in [1.29, 1.82) is 0 Å².